The van der Waals surface area contributed by atoms with Crippen LogP contribution in [0.5, 0.6) is 0 Å². The van der Waals surface area contributed by atoms with Gasteiger partial charge in [0.15, 0.2) is 0 Å². The summed E-state index contributed by atoms with van der Waals surface area (Å²) in [4.78, 5) is 24.3. The first-order chi connectivity index (χ1) is 13.0. The number of carbonyl (C=O) groups is 2. The molecule has 0 unspecified atom stereocenters. The van der Waals surface area contributed by atoms with Gasteiger partial charge in [0.25, 0.3) is 5.91 Å². The molecule has 6 nitrogen and oxygen atoms in total. The van der Waals surface area contributed by atoms with E-state index in [1.54, 1.807) is 31.2 Å². The maximum absolute atomic E-state index is 13.5. The van der Waals surface area contributed by atoms with Crippen molar-refractivity contribution in [1.82, 2.24) is 5.16 Å². The predicted molar refractivity (Wildman–Crippen MR) is 98.0 cm³/mol. The van der Waals surface area contributed by atoms with Gasteiger partial charge in [-0.3, -0.25) is 9.59 Å². The highest BCUT2D eigenvalue weighted by Crippen LogP contribution is 2.29. The van der Waals surface area contributed by atoms with E-state index in [2.05, 4.69) is 15.8 Å². The number of benzene rings is 2. The van der Waals surface area contributed by atoms with E-state index in [0.29, 0.717) is 29.9 Å². The molecule has 7 heteroatoms. The van der Waals surface area contributed by atoms with E-state index < -0.39 is 11.7 Å². The molecule has 2 amide bonds. The summed E-state index contributed by atoms with van der Waals surface area (Å²) in [5.41, 5.74) is 3.32. The molecule has 1 aliphatic rings. The molecular formula is C20H16FN3O3. The summed E-state index contributed by atoms with van der Waals surface area (Å²) < 4.78 is 18.7. The number of rotatable bonds is 3. The van der Waals surface area contributed by atoms with Crippen LogP contribution >= 0.6 is 0 Å². The van der Waals surface area contributed by atoms with Crippen LogP contribution in [0, 0.1) is 12.7 Å². The third-order valence-corrected chi connectivity index (χ3v) is 4.45. The van der Waals surface area contributed by atoms with Crippen LogP contribution in [0.4, 0.5) is 15.8 Å². The van der Waals surface area contributed by atoms with Crippen molar-refractivity contribution >= 4 is 23.2 Å². The fraction of sp³-hybridized carbons (Fsp3) is 0.150. The molecule has 2 heterocycles. The maximum Gasteiger partial charge on any atom is 0.261 e. The minimum Gasteiger partial charge on any atom is -0.360 e. The van der Waals surface area contributed by atoms with Gasteiger partial charge in [-0.15, -0.1) is 0 Å². The Morgan fingerprint density at radius 2 is 2.07 bits per heavy atom. The van der Waals surface area contributed by atoms with Gasteiger partial charge in [0.2, 0.25) is 5.91 Å². The summed E-state index contributed by atoms with van der Waals surface area (Å²) in [6.45, 7) is 1.63. The highest BCUT2D eigenvalue weighted by molar-refractivity contribution is 6.09. The van der Waals surface area contributed by atoms with E-state index >= 15 is 0 Å². The first-order valence-electron chi connectivity index (χ1n) is 8.47. The summed E-state index contributed by atoms with van der Waals surface area (Å²) in [5.74, 6) is -0.486. The van der Waals surface area contributed by atoms with Gasteiger partial charge >= 0.3 is 0 Å². The van der Waals surface area contributed by atoms with Crippen molar-refractivity contribution in [2.45, 2.75) is 19.8 Å². The van der Waals surface area contributed by atoms with E-state index in [0.717, 1.165) is 11.3 Å². The third-order valence-electron chi connectivity index (χ3n) is 4.45. The molecule has 0 fully saturated rings. The minimum atomic E-state index is -0.420. The molecule has 1 aliphatic heterocycles. The van der Waals surface area contributed by atoms with Crippen LogP contribution in [0.15, 0.2) is 47.0 Å². The number of aryl methyl sites for hydroxylation is 2. The molecule has 136 valence electrons. The smallest absolute Gasteiger partial charge is 0.261 e. The van der Waals surface area contributed by atoms with Crippen molar-refractivity contribution in [2.75, 3.05) is 10.6 Å². The molecule has 2 N–H and O–H groups in total. The van der Waals surface area contributed by atoms with Gasteiger partial charge in [-0.05, 0) is 49.2 Å². The fourth-order valence-corrected chi connectivity index (χ4v) is 3.13. The number of hydrogen-bond donors (Lipinski definition) is 2. The molecule has 0 saturated carbocycles. The lowest BCUT2D eigenvalue weighted by Gasteiger charge is -2.17. The van der Waals surface area contributed by atoms with Crippen LogP contribution in [-0.4, -0.2) is 17.0 Å². The summed E-state index contributed by atoms with van der Waals surface area (Å²) in [5, 5.41) is 9.55. The highest BCUT2D eigenvalue weighted by atomic mass is 19.1. The Hall–Kier alpha value is -3.48. The van der Waals surface area contributed by atoms with Crippen molar-refractivity contribution in [3.05, 3.63) is 65.2 Å². The molecular weight excluding hydrogens is 349 g/mol. The number of fused-ring (bicyclic) bond motifs is 1. The molecule has 27 heavy (non-hydrogen) atoms. The minimum absolute atomic E-state index is 0.0147. The highest BCUT2D eigenvalue weighted by Gasteiger charge is 2.23. The Labute approximate surface area is 154 Å². The van der Waals surface area contributed by atoms with Gasteiger partial charge in [-0.25, -0.2) is 4.39 Å². The average molecular weight is 365 g/mol. The van der Waals surface area contributed by atoms with Gasteiger partial charge in [-0.2, -0.15) is 0 Å². The summed E-state index contributed by atoms with van der Waals surface area (Å²) >= 11 is 0. The molecule has 0 saturated heterocycles. The maximum atomic E-state index is 13.5. The van der Waals surface area contributed by atoms with Gasteiger partial charge in [0, 0.05) is 23.4 Å². The zero-order chi connectivity index (χ0) is 19.0. The molecule has 1 aromatic heterocycles. The Bertz CT molecular complexity index is 1060. The van der Waals surface area contributed by atoms with Crippen molar-refractivity contribution in [3.8, 4) is 11.3 Å². The van der Waals surface area contributed by atoms with E-state index in [1.807, 2.05) is 6.07 Å². The molecule has 0 spiro atoms. The Morgan fingerprint density at radius 3 is 2.89 bits per heavy atom. The van der Waals surface area contributed by atoms with Crippen molar-refractivity contribution in [3.63, 3.8) is 0 Å². The van der Waals surface area contributed by atoms with Gasteiger partial charge in [0.1, 0.15) is 22.8 Å². The second kappa shape index (κ2) is 6.68. The number of halogens is 1. The number of anilines is 2. The quantitative estimate of drug-likeness (QED) is 0.737. The largest absolute Gasteiger partial charge is 0.360 e. The molecule has 3 aromatic rings. The van der Waals surface area contributed by atoms with Crippen LogP contribution < -0.4 is 10.6 Å². The Kier molecular flexibility index (Phi) is 4.19. The summed E-state index contributed by atoms with van der Waals surface area (Å²) in [7, 11) is 0. The number of aromatic nitrogens is 1. The summed E-state index contributed by atoms with van der Waals surface area (Å²) in [6, 6.07) is 11.1. The number of carbonyl (C=O) groups excluding carboxylic acids is 2. The topological polar surface area (TPSA) is 84.2 Å². The lowest BCUT2D eigenvalue weighted by molar-refractivity contribution is -0.116. The SMILES string of the molecule is Cc1onc(-c2cccc(F)c2)c1C(=O)Nc1ccc2c(c1)CCC(=O)N2. The van der Waals surface area contributed by atoms with E-state index in [1.165, 1.54) is 12.1 Å². The summed E-state index contributed by atoms with van der Waals surface area (Å²) in [6.07, 6.45) is 1.03. The third kappa shape index (κ3) is 3.31. The van der Waals surface area contributed by atoms with Crippen LogP contribution in [0.25, 0.3) is 11.3 Å². The molecule has 0 bridgehead atoms. The number of hydrogen-bond acceptors (Lipinski definition) is 4. The van der Waals surface area contributed by atoms with E-state index in [9.17, 15) is 14.0 Å². The molecule has 0 atom stereocenters. The second-order valence-electron chi connectivity index (χ2n) is 6.35. The zero-order valence-electron chi connectivity index (χ0n) is 14.5. The van der Waals surface area contributed by atoms with Crippen molar-refractivity contribution in [1.29, 1.82) is 0 Å². The predicted octanol–water partition coefficient (Wildman–Crippen LogP) is 3.93. The van der Waals surface area contributed by atoms with Gasteiger partial charge < -0.3 is 15.2 Å². The number of nitrogens with one attached hydrogen (secondary N) is 2. The van der Waals surface area contributed by atoms with E-state index in [-0.39, 0.29) is 17.2 Å². The van der Waals surface area contributed by atoms with Crippen LogP contribution in [0.1, 0.15) is 28.1 Å². The fourth-order valence-electron chi connectivity index (χ4n) is 3.13. The van der Waals surface area contributed by atoms with Crippen molar-refractivity contribution in [2.24, 2.45) is 0 Å². The van der Waals surface area contributed by atoms with Crippen molar-refractivity contribution < 1.29 is 18.5 Å². The van der Waals surface area contributed by atoms with Gasteiger partial charge in [0.05, 0.1) is 0 Å². The first kappa shape index (κ1) is 17.0. The van der Waals surface area contributed by atoms with Crippen LogP contribution in [0.3, 0.4) is 0 Å². The zero-order valence-corrected chi connectivity index (χ0v) is 14.5. The monoisotopic (exact) mass is 365 g/mol. The number of nitrogens with zero attached hydrogens (tertiary/aromatic N) is 1. The molecule has 0 radical (unpaired) electrons. The van der Waals surface area contributed by atoms with Crippen LogP contribution in [-0.2, 0) is 11.2 Å². The number of amides is 2. The first-order valence-corrected chi connectivity index (χ1v) is 8.47. The Morgan fingerprint density at radius 1 is 1.22 bits per heavy atom. The lowest BCUT2D eigenvalue weighted by Crippen LogP contribution is -2.19. The standard InChI is InChI=1S/C20H16FN3O3/c1-11-18(19(24-27-11)13-3-2-4-14(21)9-13)20(26)22-15-6-7-16-12(10-15)5-8-17(25)23-16/h2-4,6-7,9-10H,5,8H2,1H3,(H,22,26)(H,23,25). The molecule has 0 aliphatic carbocycles. The second-order valence-corrected chi connectivity index (χ2v) is 6.35. The lowest BCUT2D eigenvalue weighted by atomic mass is 10.0. The van der Waals surface area contributed by atoms with Gasteiger partial charge in [-0.1, -0.05) is 17.3 Å². The van der Waals surface area contributed by atoms with E-state index in [4.69, 9.17) is 4.52 Å². The molecule has 2 aromatic carbocycles. The normalized spacial score (nSPS) is 13.0. The Balaban J connectivity index is 1.63. The molecule has 4 rings (SSSR count). The average Bonchev–Trinajstić information content (AvgIpc) is 3.03. The van der Waals surface area contributed by atoms with Crippen LogP contribution in [0.2, 0.25) is 0 Å².